The van der Waals surface area contributed by atoms with Crippen LogP contribution in [0.5, 0.6) is 0 Å². The van der Waals surface area contributed by atoms with Crippen molar-refractivity contribution in [2.75, 3.05) is 6.61 Å². The lowest BCUT2D eigenvalue weighted by molar-refractivity contribution is -0.142. The quantitative estimate of drug-likeness (QED) is 0.552. The average molecular weight is 252 g/mol. The average Bonchev–Trinajstić information content (AvgIpc) is 2.38. The number of aliphatic hydroxyl groups excluding tert-OH is 1. The third-order valence-corrected chi connectivity index (χ3v) is 2.47. The highest BCUT2D eigenvalue weighted by molar-refractivity contribution is 5.87. The van der Waals surface area contributed by atoms with Gasteiger partial charge in [0.05, 0.1) is 0 Å². The number of nitrogens with two attached hydrogens (primary N) is 1. The van der Waals surface area contributed by atoms with Gasteiger partial charge in [0, 0.05) is 13.0 Å². The van der Waals surface area contributed by atoms with Gasteiger partial charge in [0.25, 0.3) is 0 Å². The summed E-state index contributed by atoms with van der Waals surface area (Å²) in [5.41, 5.74) is 6.32. The summed E-state index contributed by atoms with van der Waals surface area (Å²) in [6.07, 6.45) is -0.0530. The van der Waals surface area contributed by atoms with Gasteiger partial charge in [-0.3, -0.25) is 4.79 Å². The van der Waals surface area contributed by atoms with Crippen LogP contribution < -0.4 is 11.1 Å². The first-order chi connectivity index (χ1) is 8.56. The van der Waals surface area contributed by atoms with Crippen LogP contribution in [-0.2, 0) is 9.59 Å². The molecule has 0 fully saturated rings. The highest BCUT2D eigenvalue weighted by atomic mass is 16.4. The van der Waals surface area contributed by atoms with E-state index in [1.807, 2.05) is 0 Å². The second-order valence-electron chi connectivity index (χ2n) is 3.80. The maximum atomic E-state index is 11.8. The van der Waals surface area contributed by atoms with Crippen molar-refractivity contribution in [2.45, 2.75) is 18.5 Å². The van der Waals surface area contributed by atoms with Crippen molar-refractivity contribution in [3.05, 3.63) is 35.9 Å². The molecule has 0 unspecified atom stereocenters. The standard InChI is InChI=1S/C12H16N2O4/c13-10(8-4-2-1-3-5-8)11(16)14-9(6-7-15)12(17)18/h1-5,9-10,15H,6-7,13H2,(H,14,16)(H,17,18)/t9-,10+/m0/s1. The third-order valence-electron chi connectivity index (χ3n) is 2.47. The number of hydrogen-bond donors (Lipinski definition) is 4. The summed E-state index contributed by atoms with van der Waals surface area (Å²) < 4.78 is 0. The number of aliphatic hydroxyl groups is 1. The fraction of sp³-hybridized carbons (Fsp3) is 0.333. The van der Waals surface area contributed by atoms with Crippen LogP contribution in [0.4, 0.5) is 0 Å². The smallest absolute Gasteiger partial charge is 0.326 e. The van der Waals surface area contributed by atoms with Crippen molar-refractivity contribution in [3.63, 3.8) is 0 Å². The summed E-state index contributed by atoms with van der Waals surface area (Å²) >= 11 is 0. The minimum Gasteiger partial charge on any atom is -0.480 e. The van der Waals surface area contributed by atoms with Gasteiger partial charge >= 0.3 is 5.97 Å². The number of amides is 1. The lowest BCUT2D eigenvalue weighted by atomic mass is 10.1. The van der Waals surface area contributed by atoms with Crippen molar-refractivity contribution in [3.8, 4) is 0 Å². The van der Waals surface area contributed by atoms with E-state index < -0.39 is 24.0 Å². The van der Waals surface area contributed by atoms with Gasteiger partial charge in [0.2, 0.25) is 5.91 Å². The summed E-state index contributed by atoms with van der Waals surface area (Å²) in [7, 11) is 0. The van der Waals surface area contributed by atoms with Gasteiger partial charge in [-0.25, -0.2) is 4.79 Å². The van der Waals surface area contributed by atoms with Gasteiger partial charge in [0.1, 0.15) is 12.1 Å². The SMILES string of the molecule is N[C@@H](C(=O)N[C@@H](CCO)C(=O)O)c1ccccc1. The van der Waals surface area contributed by atoms with Crippen LogP contribution in [0.15, 0.2) is 30.3 Å². The van der Waals surface area contributed by atoms with Crippen LogP contribution in [0.25, 0.3) is 0 Å². The zero-order valence-corrected chi connectivity index (χ0v) is 9.74. The van der Waals surface area contributed by atoms with Gasteiger partial charge in [-0.15, -0.1) is 0 Å². The minimum atomic E-state index is -1.20. The Bertz CT molecular complexity index is 408. The molecule has 0 saturated carbocycles. The molecule has 1 aromatic carbocycles. The molecule has 0 aliphatic rings. The third kappa shape index (κ3) is 3.83. The van der Waals surface area contributed by atoms with Crippen LogP contribution in [0.2, 0.25) is 0 Å². The van der Waals surface area contributed by atoms with E-state index in [1.165, 1.54) is 0 Å². The molecule has 2 atom stereocenters. The van der Waals surface area contributed by atoms with Crippen molar-refractivity contribution >= 4 is 11.9 Å². The molecule has 1 amide bonds. The van der Waals surface area contributed by atoms with Crippen molar-refractivity contribution < 1.29 is 19.8 Å². The van der Waals surface area contributed by atoms with Crippen LogP contribution >= 0.6 is 0 Å². The minimum absolute atomic E-state index is 0.0530. The monoisotopic (exact) mass is 252 g/mol. The zero-order chi connectivity index (χ0) is 13.5. The highest BCUT2D eigenvalue weighted by Crippen LogP contribution is 2.09. The number of aliphatic carboxylic acids is 1. The van der Waals surface area contributed by atoms with E-state index in [9.17, 15) is 9.59 Å². The molecule has 6 nitrogen and oxygen atoms in total. The van der Waals surface area contributed by atoms with Crippen molar-refractivity contribution in [1.29, 1.82) is 0 Å². The van der Waals surface area contributed by atoms with Gasteiger partial charge in [0.15, 0.2) is 0 Å². The Morgan fingerprint density at radius 1 is 1.28 bits per heavy atom. The lowest BCUT2D eigenvalue weighted by Gasteiger charge is -2.17. The number of hydrogen-bond acceptors (Lipinski definition) is 4. The summed E-state index contributed by atoms with van der Waals surface area (Å²) in [6, 6.07) is 6.59. The summed E-state index contributed by atoms with van der Waals surface area (Å²) in [4.78, 5) is 22.6. The number of benzene rings is 1. The van der Waals surface area contributed by atoms with Crippen molar-refractivity contribution in [1.82, 2.24) is 5.32 Å². The van der Waals surface area contributed by atoms with Crippen molar-refractivity contribution in [2.24, 2.45) is 5.73 Å². The number of carboxylic acid groups (broad SMARTS) is 1. The van der Waals surface area contributed by atoms with Gasteiger partial charge in [-0.1, -0.05) is 30.3 Å². The fourth-order valence-electron chi connectivity index (χ4n) is 1.46. The molecule has 5 N–H and O–H groups in total. The number of carbonyl (C=O) groups is 2. The molecule has 0 spiro atoms. The molecule has 6 heteroatoms. The zero-order valence-electron chi connectivity index (χ0n) is 9.74. The highest BCUT2D eigenvalue weighted by Gasteiger charge is 2.23. The van der Waals surface area contributed by atoms with E-state index in [0.29, 0.717) is 5.56 Å². The first-order valence-electron chi connectivity index (χ1n) is 5.51. The van der Waals surface area contributed by atoms with Crippen LogP contribution in [0.3, 0.4) is 0 Å². The van der Waals surface area contributed by atoms with E-state index >= 15 is 0 Å². The molecule has 0 aliphatic heterocycles. The molecule has 18 heavy (non-hydrogen) atoms. The fourth-order valence-corrected chi connectivity index (χ4v) is 1.46. The summed E-state index contributed by atoms with van der Waals surface area (Å²) in [5.74, 6) is -1.78. The Hall–Kier alpha value is -1.92. The van der Waals surface area contributed by atoms with E-state index in [0.717, 1.165) is 0 Å². The van der Waals surface area contributed by atoms with Gasteiger partial charge in [-0.05, 0) is 5.56 Å². The molecule has 1 rings (SSSR count). The second-order valence-corrected chi connectivity index (χ2v) is 3.80. The predicted octanol–water partition coefficient (Wildman–Crippen LogP) is -0.362. The van der Waals surface area contributed by atoms with E-state index in [2.05, 4.69) is 5.32 Å². The molecule has 0 aliphatic carbocycles. The molecular formula is C12H16N2O4. The Balaban J connectivity index is 2.67. The molecule has 0 heterocycles. The molecule has 0 radical (unpaired) electrons. The maximum absolute atomic E-state index is 11.8. The largest absolute Gasteiger partial charge is 0.480 e. The number of rotatable bonds is 6. The normalized spacial score (nSPS) is 13.7. The Morgan fingerprint density at radius 3 is 2.39 bits per heavy atom. The Kier molecular flexibility index (Phi) is 5.29. The predicted molar refractivity (Wildman–Crippen MR) is 64.6 cm³/mol. The second kappa shape index (κ2) is 6.73. The van der Waals surface area contributed by atoms with E-state index in [1.54, 1.807) is 30.3 Å². The topological polar surface area (TPSA) is 113 Å². The molecular weight excluding hydrogens is 236 g/mol. The molecule has 0 saturated heterocycles. The molecule has 98 valence electrons. The first kappa shape index (κ1) is 14.1. The maximum Gasteiger partial charge on any atom is 0.326 e. The Morgan fingerprint density at radius 2 is 1.89 bits per heavy atom. The van der Waals surface area contributed by atoms with Gasteiger partial charge in [-0.2, -0.15) is 0 Å². The molecule has 0 aromatic heterocycles. The first-order valence-corrected chi connectivity index (χ1v) is 5.51. The lowest BCUT2D eigenvalue weighted by Crippen LogP contribution is -2.45. The number of carboxylic acids is 1. The molecule has 0 bridgehead atoms. The number of carbonyl (C=O) groups excluding carboxylic acids is 1. The molecule has 1 aromatic rings. The van der Waals surface area contributed by atoms with E-state index in [-0.39, 0.29) is 13.0 Å². The summed E-state index contributed by atoms with van der Waals surface area (Å²) in [5, 5.41) is 19.8. The van der Waals surface area contributed by atoms with Crippen LogP contribution in [0.1, 0.15) is 18.0 Å². The summed E-state index contributed by atoms with van der Waals surface area (Å²) in [6.45, 7) is -0.322. The van der Waals surface area contributed by atoms with Crippen LogP contribution in [-0.4, -0.2) is 34.7 Å². The Labute approximate surface area is 104 Å². The van der Waals surface area contributed by atoms with E-state index in [4.69, 9.17) is 15.9 Å². The van der Waals surface area contributed by atoms with Crippen LogP contribution in [0, 0.1) is 0 Å². The van der Waals surface area contributed by atoms with Gasteiger partial charge < -0.3 is 21.3 Å². The number of nitrogens with one attached hydrogen (secondary N) is 1.